The number of fused-ring (bicyclic) bond motifs is 1. The Balaban J connectivity index is 1.34. The number of nitrogens with zero attached hydrogens (tertiary/aromatic N) is 5. The average molecular weight is 425 g/mol. The molecule has 2 aromatic carbocycles. The summed E-state index contributed by atoms with van der Waals surface area (Å²) in [6.07, 6.45) is 4.94. The van der Waals surface area contributed by atoms with Crippen molar-refractivity contribution in [1.82, 2.24) is 19.9 Å². The monoisotopic (exact) mass is 425 g/mol. The zero-order valence-corrected chi connectivity index (χ0v) is 18.1. The van der Waals surface area contributed by atoms with E-state index in [1.54, 1.807) is 4.68 Å². The van der Waals surface area contributed by atoms with Gasteiger partial charge in [0.25, 0.3) is 5.91 Å². The van der Waals surface area contributed by atoms with Gasteiger partial charge in [-0.1, -0.05) is 35.5 Å². The minimum absolute atomic E-state index is 0.0141. The van der Waals surface area contributed by atoms with E-state index in [4.69, 9.17) is 4.52 Å². The molecular formula is C25H23N5O2. The summed E-state index contributed by atoms with van der Waals surface area (Å²) in [4.78, 5) is 19.8. The van der Waals surface area contributed by atoms with Gasteiger partial charge in [-0.15, -0.1) is 0 Å². The van der Waals surface area contributed by atoms with E-state index in [-0.39, 0.29) is 5.91 Å². The van der Waals surface area contributed by atoms with Crippen LogP contribution in [0.25, 0.3) is 17.1 Å². The van der Waals surface area contributed by atoms with Gasteiger partial charge in [0.1, 0.15) is 0 Å². The zero-order valence-electron chi connectivity index (χ0n) is 18.1. The predicted molar refractivity (Wildman–Crippen MR) is 120 cm³/mol. The van der Waals surface area contributed by atoms with Crippen LogP contribution in [0.5, 0.6) is 0 Å². The van der Waals surface area contributed by atoms with Gasteiger partial charge in [0.05, 0.1) is 16.9 Å². The summed E-state index contributed by atoms with van der Waals surface area (Å²) in [5.74, 6) is 1.71. The SMILES string of the molecule is Cc1ccc(-c2noc(C3CC3)n2)cc1-n1cc(C(=O)N2CCc3ccccc32)c(C)n1. The maximum Gasteiger partial charge on any atom is 0.261 e. The Morgan fingerprint density at radius 2 is 1.94 bits per heavy atom. The summed E-state index contributed by atoms with van der Waals surface area (Å²) in [6, 6.07) is 14.1. The molecule has 1 saturated carbocycles. The van der Waals surface area contributed by atoms with Gasteiger partial charge in [0.15, 0.2) is 0 Å². The highest BCUT2D eigenvalue weighted by molar-refractivity contribution is 6.07. The fourth-order valence-corrected chi connectivity index (χ4v) is 4.33. The van der Waals surface area contributed by atoms with Crippen molar-refractivity contribution < 1.29 is 9.32 Å². The van der Waals surface area contributed by atoms with Crippen molar-refractivity contribution in [2.75, 3.05) is 11.4 Å². The number of rotatable bonds is 4. The second kappa shape index (κ2) is 7.15. The van der Waals surface area contributed by atoms with E-state index in [0.29, 0.717) is 29.5 Å². The lowest BCUT2D eigenvalue weighted by Crippen LogP contribution is -2.29. The van der Waals surface area contributed by atoms with Crippen LogP contribution in [0.2, 0.25) is 0 Å². The molecule has 7 heteroatoms. The number of anilines is 1. The van der Waals surface area contributed by atoms with Crippen LogP contribution in [0.15, 0.2) is 53.2 Å². The molecule has 0 atom stereocenters. The summed E-state index contributed by atoms with van der Waals surface area (Å²) in [6.45, 7) is 4.60. The highest BCUT2D eigenvalue weighted by Gasteiger charge is 2.30. The molecule has 7 nitrogen and oxygen atoms in total. The minimum Gasteiger partial charge on any atom is -0.339 e. The van der Waals surface area contributed by atoms with Gasteiger partial charge in [0.2, 0.25) is 11.7 Å². The zero-order chi connectivity index (χ0) is 21.8. The molecule has 3 heterocycles. The molecule has 0 spiro atoms. The Kier molecular flexibility index (Phi) is 4.24. The summed E-state index contributed by atoms with van der Waals surface area (Å²) in [5, 5.41) is 8.83. The van der Waals surface area contributed by atoms with Crippen LogP contribution in [0.1, 0.15) is 51.8 Å². The standard InChI is InChI=1S/C25H23N5O2/c1-15-7-8-19(23-26-24(32-28-23)18-9-10-18)13-22(15)30-14-20(16(2)27-30)25(31)29-12-11-17-5-3-4-6-21(17)29/h3-8,13-14,18H,9-12H2,1-2H3. The largest absolute Gasteiger partial charge is 0.339 e. The van der Waals surface area contributed by atoms with Crippen molar-refractivity contribution in [1.29, 1.82) is 0 Å². The first kappa shape index (κ1) is 19.0. The maximum absolute atomic E-state index is 13.4. The number of hydrogen-bond acceptors (Lipinski definition) is 5. The summed E-state index contributed by atoms with van der Waals surface area (Å²) >= 11 is 0. The topological polar surface area (TPSA) is 77.0 Å². The smallest absolute Gasteiger partial charge is 0.261 e. The van der Waals surface area contributed by atoms with E-state index in [1.807, 2.05) is 61.3 Å². The fraction of sp³-hybridized carbons (Fsp3) is 0.280. The summed E-state index contributed by atoms with van der Waals surface area (Å²) in [5.41, 5.74) is 6.33. The number of aryl methyl sites for hydroxylation is 2. The van der Waals surface area contributed by atoms with E-state index in [9.17, 15) is 4.79 Å². The highest BCUT2D eigenvalue weighted by Crippen LogP contribution is 2.39. The Labute approximate surface area is 185 Å². The molecule has 0 bridgehead atoms. The number of carbonyl (C=O) groups is 1. The van der Waals surface area contributed by atoms with Crippen LogP contribution < -0.4 is 4.90 Å². The van der Waals surface area contributed by atoms with Gasteiger partial charge in [-0.25, -0.2) is 4.68 Å². The van der Waals surface area contributed by atoms with E-state index < -0.39 is 0 Å². The first-order valence-electron chi connectivity index (χ1n) is 11.0. The Morgan fingerprint density at radius 3 is 2.78 bits per heavy atom. The summed E-state index contributed by atoms with van der Waals surface area (Å²) in [7, 11) is 0. The van der Waals surface area contributed by atoms with E-state index in [2.05, 4.69) is 21.3 Å². The molecule has 1 amide bonds. The van der Waals surface area contributed by atoms with Crippen molar-refractivity contribution in [3.05, 3.63) is 76.9 Å². The third kappa shape index (κ3) is 3.12. The molecule has 0 unspecified atom stereocenters. The van der Waals surface area contributed by atoms with Crippen LogP contribution in [0.4, 0.5) is 5.69 Å². The van der Waals surface area contributed by atoms with Crippen LogP contribution >= 0.6 is 0 Å². The first-order chi connectivity index (χ1) is 15.6. The molecular weight excluding hydrogens is 402 g/mol. The van der Waals surface area contributed by atoms with Gasteiger partial charge < -0.3 is 9.42 Å². The van der Waals surface area contributed by atoms with Crippen LogP contribution in [0.3, 0.4) is 0 Å². The molecule has 6 rings (SSSR count). The molecule has 0 N–H and O–H groups in total. The molecule has 1 aliphatic heterocycles. The van der Waals surface area contributed by atoms with Gasteiger partial charge in [-0.05, 0) is 56.4 Å². The van der Waals surface area contributed by atoms with Crippen molar-refractivity contribution in [2.24, 2.45) is 0 Å². The molecule has 160 valence electrons. The maximum atomic E-state index is 13.4. The Bertz CT molecular complexity index is 1350. The van der Waals surface area contributed by atoms with Crippen molar-refractivity contribution in [3.63, 3.8) is 0 Å². The van der Waals surface area contributed by atoms with Crippen LogP contribution in [-0.4, -0.2) is 32.4 Å². The molecule has 2 aliphatic rings. The third-order valence-corrected chi connectivity index (χ3v) is 6.34. The van der Waals surface area contributed by atoms with Crippen molar-refractivity contribution in [3.8, 4) is 17.1 Å². The van der Waals surface area contributed by atoms with Crippen LogP contribution in [0, 0.1) is 13.8 Å². The lowest BCUT2D eigenvalue weighted by atomic mass is 10.1. The number of amides is 1. The van der Waals surface area contributed by atoms with Gasteiger partial charge in [-0.3, -0.25) is 4.79 Å². The number of hydrogen-bond donors (Lipinski definition) is 0. The van der Waals surface area contributed by atoms with E-state index >= 15 is 0 Å². The quantitative estimate of drug-likeness (QED) is 0.477. The fourth-order valence-electron chi connectivity index (χ4n) is 4.33. The second-order valence-corrected chi connectivity index (χ2v) is 8.64. The number of benzene rings is 2. The van der Waals surface area contributed by atoms with Gasteiger partial charge >= 0.3 is 0 Å². The Hall–Kier alpha value is -3.74. The molecule has 1 aliphatic carbocycles. The van der Waals surface area contributed by atoms with E-state index in [1.165, 1.54) is 5.56 Å². The predicted octanol–water partition coefficient (Wildman–Crippen LogP) is 4.62. The molecule has 1 fully saturated rings. The molecule has 0 radical (unpaired) electrons. The molecule has 32 heavy (non-hydrogen) atoms. The number of para-hydroxylation sites is 1. The number of aromatic nitrogens is 4. The van der Waals surface area contributed by atoms with Crippen molar-refractivity contribution in [2.45, 2.75) is 39.0 Å². The minimum atomic E-state index is -0.0141. The van der Waals surface area contributed by atoms with E-state index in [0.717, 1.165) is 47.7 Å². The molecule has 2 aromatic heterocycles. The first-order valence-corrected chi connectivity index (χ1v) is 11.0. The summed E-state index contributed by atoms with van der Waals surface area (Å²) < 4.78 is 7.21. The van der Waals surface area contributed by atoms with Crippen molar-refractivity contribution >= 4 is 11.6 Å². The average Bonchev–Trinajstić information content (AvgIpc) is 3.21. The molecule has 0 saturated heterocycles. The highest BCUT2D eigenvalue weighted by atomic mass is 16.5. The number of carbonyl (C=O) groups excluding carboxylic acids is 1. The lowest BCUT2D eigenvalue weighted by molar-refractivity contribution is 0.0989. The van der Waals surface area contributed by atoms with Gasteiger partial charge in [0, 0.05) is 29.9 Å². The lowest BCUT2D eigenvalue weighted by Gasteiger charge is -2.16. The second-order valence-electron chi connectivity index (χ2n) is 8.64. The normalized spacial score (nSPS) is 15.2. The molecule has 4 aromatic rings. The van der Waals surface area contributed by atoms with Gasteiger partial charge in [-0.2, -0.15) is 10.1 Å². The van der Waals surface area contributed by atoms with Crippen LogP contribution in [-0.2, 0) is 6.42 Å². The third-order valence-electron chi connectivity index (χ3n) is 6.34. The Morgan fingerprint density at radius 1 is 1.09 bits per heavy atom.